The molecule has 0 fully saturated rings. The Kier molecular flexibility index (Phi) is 3.13. The molecule has 0 aromatic carbocycles. The van der Waals surface area contributed by atoms with Crippen LogP contribution in [0.5, 0.6) is 0 Å². The maximum Gasteiger partial charge on any atom is 0.256 e. The van der Waals surface area contributed by atoms with Crippen molar-refractivity contribution in [1.29, 1.82) is 0 Å². The van der Waals surface area contributed by atoms with E-state index in [-0.39, 0.29) is 17.2 Å². The minimum atomic E-state index is -2.40. The molecule has 1 rings (SSSR count). The Hall–Kier alpha value is -0.780. The van der Waals surface area contributed by atoms with E-state index < -0.39 is 6.43 Å². The van der Waals surface area contributed by atoms with Crippen LogP contribution in [-0.4, -0.2) is 21.2 Å². The molecule has 0 atom stereocenters. The van der Waals surface area contributed by atoms with Crippen LogP contribution in [0.15, 0.2) is 0 Å². The Morgan fingerprint density at radius 3 is 2.62 bits per heavy atom. The maximum absolute atomic E-state index is 12.1. The predicted molar refractivity (Wildman–Crippen MR) is 47.5 cm³/mol. The number of H-pyrrole nitrogens is 1. The molecule has 1 heterocycles. The summed E-state index contributed by atoms with van der Waals surface area (Å²) in [7, 11) is 0. The molecular formula is C7H11F2N3S. The molecule has 0 aliphatic heterocycles. The summed E-state index contributed by atoms with van der Waals surface area (Å²) >= 11 is 4.82. The van der Waals surface area contributed by atoms with Gasteiger partial charge in [-0.3, -0.25) is 9.67 Å². The zero-order valence-corrected chi connectivity index (χ0v) is 8.24. The summed E-state index contributed by atoms with van der Waals surface area (Å²) in [6.45, 7) is 3.38. The van der Waals surface area contributed by atoms with E-state index in [0.717, 1.165) is 0 Å². The van der Waals surface area contributed by atoms with Gasteiger partial charge in [0.15, 0.2) is 4.77 Å². The summed E-state index contributed by atoms with van der Waals surface area (Å²) < 4.78 is 25.8. The van der Waals surface area contributed by atoms with Crippen molar-refractivity contribution in [3.63, 3.8) is 0 Å². The molecule has 0 saturated heterocycles. The SMILES string of the molecule is CC(C)c1n[nH]c(=S)n1CC(F)F. The van der Waals surface area contributed by atoms with Gasteiger partial charge in [-0.2, -0.15) is 5.10 Å². The van der Waals surface area contributed by atoms with Gasteiger partial charge in [0.05, 0.1) is 6.54 Å². The molecule has 1 aromatic rings. The molecule has 6 heteroatoms. The average molecular weight is 207 g/mol. The number of halogens is 2. The van der Waals surface area contributed by atoms with Crippen LogP contribution in [0.4, 0.5) is 8.78 Å². The van der Waals surface area contributed by atoms with E-state index in [1.165, 1.54) is 4.57 Å². The molecular weight excluding hydrogens is 196 g/mol. The van der Waals surface area contributed by atoms with Crippen molar-refractivity contribution < 1.29 is 8.78 Å². The molecule has 3 nitrogen and oxygen atoms in total. The van der Waals surface area contributed by atoms with Gasteiger partial charge in [-0.15, -0.1) is 0 Å². The summed E-state index contributed by atoms with van der Waals surface area (Å²) in [5.74, 6) is 0.664. The number of nitrogens with zero attached hydrogens (tertiary/aromatic N) is 2. The van der Waals surface area contributed by atoms with Crippen LogP contribution in [0.3, 0.4) is 0 Å². The highest BCUT2D eigenvalue weighted by Crippen LogP contribution is 2.12. The van der Waals surface area contributed by atoms with Crippen LogP contribution >= 0.6 is 12.2 Å². The number of rotatable bonds is 3. The second-order valence-corrected chi connectivity index (χ2v) is 3.43. The molecule has 0 aliphatic rings. The first kappa shape index (κ1) is 10.3. The number of aromatic nitrogens is 3. The molecule has 0 amide bonds. The van der Waals surface area contributed by atoms with E-state index in [9.17, 15) is 8.78 Å². The molecule has 0 bridgehead atoms. The molecule has 0 unspecified atom stereocenters. The maximum atomic E-state index is 12.1. The summed E-state index contributed by atoms with van der Waals surface area (Å²) in [5, 5.41) is 6.39. The Labute approximate surface area is 79.8 Å². The molecule has 0 saturated carbocycles. The van der Waals surface area contributed by atoms with E-state index in [2.05, 4.69) is 10.2 Å². The molecule has 13 heavy (non-hydrogen) atoms. The van der Waals surface area contributed by atoms with Gasteiger partial charge >= 0.3 is 0 Å². The smallest absolute Gasteiger partial charge is 0.256 e. The lowest BCUT2D eigenvalue weighted by molar-refractivity contribution is 0.124. The first-order chi connectivity index (χ1) is 6.02. The zero-order chi connectivity index (χ0) is 10.0. The van der Waals surface area contributed by atoms with E-state index in [4.69, 9.17) is 12.2 Å². The fourth-order valence-corrected chi connectivity index (χ4v) is 1.30. The largest absolute Gasteiger partial charge is 0.298 e. The minimum absolute atomic E-state index is 0.0895. The predicted octanol–water partition coefficient (Wildman–Crippen LogP) is 2.33. The lowest BCUT2D eigenvalue weighted by atomic mass is 10.2. The first-order valence-corrected chi connectivity index (χ1v) is 4.36. The van der Waals surface area contributed by atoms with Crippen LogP contribution < -0.4 is 0 Å². The second kappa shape index (κ2) is 3.95. The van der Waals surface area contributed by atoms with Crippen LogP contribution in [0.1, 0.15) is 25.6 Å². The highest BCUT2D eigenvalue weighted by molar-refractivity contribution is 7.71. The van der Waals surface area contributed by atoms with Gasteiger partial charge in [0.25, 0.3) is 6.43 Å². The van der Waals surface area contributed by atoms with Crippen molar-refractivity contribution in [3.8, 4) is 0 Å². The van der Waals surface area contributed by atoms with Gasteiger partial charge < -0.3 is 0 Å². The number of alkyl halides is 2. The quantitative estimate of drug-likeness (QED) is 0.772. The molecule has 0 aliphatic carbocycles. The van der Waals surface area contributed by atoms with Gasteiger partial charge in [-0.1, -0.05) is 13.8 Å². The van der Waals surface area contributed by atoms with Crippen molar-refractivity contribution in [2.45, 2.75) is 32.7 Å². The average Bonchev–Trinajstić information content (AvgIpc) is 2.32. The van der Waals surface area contributed by atoms with Crippen LogP contribution in [0.2, 0.25) is 0 Å². The first-order valence-electron chi connectivity index (χ1n) is 3.95. The van der Waals surface area contributed by atoms with Crippen molar-refractivity contribution in [2.24, 2.45) is 0 Å². The van der Waals surface area contributed by atoms with Crippen molar-refractivity contribution in [2.75, 3.05) is 0 Å². The summed E-state index contributed by atoms with van der Waals surface area (Å²) in [6.07, 6.45) is -2.40. The lowest BCUT2D eigenvalue weighted by Gasteiger charge is -2.07. The van der Waals surface area contributed by atoms with Crippen molar-refractivity contribution >= 4 is 12.2 Å². The third kappa shape index (κ3) is 2.33. The van der Waals surface area contributed by atoms with Gasteiger partial charge in [0.1, 0.15) is 5.82 Å². The molecule has 1 aromatic heterocycles. The van der Waals surface area contributed by atoms with Crippen molar-refractivity contribution in [1.82, 2.24) is 14.8 Å². The number of hydrogen-bond acceptors (Lipinski definition) is 2. The monoisotopic (exact) mass is 207 g/mol. The van der Waals surface area contributed by atoms with E-state index >= 15 is 0 Å². The van der Waals surface area contributed by atoms with Crippen LogP contribution in [-0.2, 0) is 6.54 Å². The highest BCUT2D eigenvalue weighted by atomic mass is 32.1. The van der Waals surface area contributed by atoms with Gasteiger partial charge in [0, 0.05) is 5.92 Å². The van der Waals surface area contributed by atoms with Gasteiger partial charge in [-0.25, -0.2) is 8.78 Å². The number of hydrogen-bond donors (Lipinski definition) is 1. The Bertz CT molecular complexity index is 329. The third-order valence-electron chi connectivity index (χ3n) is 1.62. The van der Waals surface area contributed by atoms with E-state index in [1.807, 2.05) is 13.8 Å². The summed E-state index contributed by atoms with van der Waals surface area (Å²) in [4.78, 5) is 0. The Balaban J connectivity index is 3.02. The fraction of sp³-hybridized carbons (Fsp3) is 0.714. The molecule has 0 spiro atoms. The van der Waals surface area contributed by atoms with Gasteiger partial charge in [0.2, 0.25) is 0 Å². The van der Waals surface area contributed by atoms with Crippen LogP contribution in [0, 0.1) is 4.77 Å². The topological polar surface area (TPSA) is 33.6 Å². The normalized spacial score (nSPS) is 11.5. The number of nitrogens with one attached hydrogen (secondary N) is 1. The van der Waals surface area contributed by atoms with E-state index in [1.54, 1.807) is 0 Å². The number of aromatic amines is 1. The third-order valence-corrected chi connectivity index (χ3v) is 1.94. The molecule has 1 N–H and O–H groups in total. The standard InChI is InChI=1S/C7H11F2N3S/c1-4(2)6-10-11-7(13)12(6)3-5(8)9/h4-5H,3H2,1-2H3,(H,11,13). The Morgan fingerprint density at radius 2 is 2.15 bits per heavy atom. The second-order valence-electron chi connectivity index (χ2n) is 3.04. The zero-order valence-electron chi connectivity index (χ0n) is 7.42. The lowest BCUT2D eigenvalue weighted by Crippen LogP contribution is -2.11. The molecule has 0 radical (unpaired) electrons. The summed E-state index contributed by atoms with van der Waals surface area (Å²) in [6, 6.07) is 0. The summed E-state index contributed by atoms with van der Waals surface area (Å²) in [5.41, 5.74) is 0. The Morgan fingerprint density at radius 1 is 1.54 bits per heavy atom. The van der Waals surface area contributed by atoms with Crippen LogP contribution in [0.25, 0.3) is 0 Å². The highest BCUT2D eigenvalue weighted by Gasteiger charge is 2.13. The van der Waals surface area contributed by atoms with E-state index in [0.29, 0.717) is 5.82 Å². The fourth-order valence-electron chi connectivity index (χ4n) is 1.09. The molecule has 74 valence electrons. The van der Waals surface area contributed by atoms with Gasteiger partial charge in [-0.05, 0) is 12.2 Å². The van der Waals surface area contributed by atoms with Crippen molar-refractivity contribution in [3.05, 3.63) is 10.6 Å². The minimum Gasteiger partial charge on any atom is -0.298 e.